The molecule has 19 heavy (non-hydrogen) atoms. The number of halogens is 1. The van der Waals surface area contributed by atoms with Crippen LogP contribution in [-0.4, -0.2) is 15.7 Å². The van der Waals surface area contributed by atoms with E-state index in [-0.39, 0.29) is 5.69 Å². The predicted molar refractivity (Wildman–Crippen MR) is 76.6 cm³/mol. The second-order valence-electron chi connectivity index (χ2n) is 4.71. The highest BCUT2D eigenvalue weighted by Gasteiger charge is 2.25. The number of hydrogen-bond acceptors (Lipinski definition) is 2. The van der Waals surface area contributed by atoms with Crippen molar-refractivity contribution in [2.24, 2.45) is 0 Å². The molecular weight excluding hydrogens is 308 g/mol. The van der Waals surface area contributed by atoms with Crippen LogP contribution in [0.5, 0.6) is 5.75 Å². The number of aromatic nitrogens is 2. The molecule has 4 nitrogen and oxygen atoms in total. The standard InChI is InChI=1S/C14H15BrN2O2/c15-11-1-5-13(6-2-11)19-10-9-16-7-8-17(14(16)18)12-3-4-12/h1-2,5-8,12H,3-4,9-10H2. The normalized spacial score (nSPS) is 14.6. The molecule has 0 amide bonds. The van der Waals surface area contributed by atoms with Crippen molar-refractivity contribution in [3.63, 3.8) is 0 Å². The van der Waals surface area contributed by atoms with E-state index < -0.39 is 0 Å². The lowest BCUT2D eigenvalue weighted by molar-refractivity contribution is 0.295. The zero-order chi connectivity index (χ0) is 13.2. The summed E-state index contributed by atoms with van der Waals surface area (Å²) in [4.78, 5) is 12.0. The molecule has 3 rings (SSSR count). The summed E-state index contributed by atoms with van der Waals surface area (Å²) >= 11 is 3.38. The van der Waals surface area contributed by atoms with Gasteiger partial charge in [0, 0.05) is 22.9 Å². The van der Waals surface area contributed by atoms with E-state index in [0.717, 1.165) is 23.1 Å². The molecule has 0 aliphatic heterocycles. The van der Waals surface area contributed by atoms with Crippen LogP contribution >= 0.6 is 15.9 Å². The van der Waals surface area contributed by atoms with E-state index in [1.807, 2.05) is 41.2 Å². The molecule has 1 aromatic heterocycles. The number of imidazole rings is 1. The van der Waals surface area contributed by atoms with E-state index in [4.69, 9.17) is 4.74 Å². The highest BCUT2D eigenvalue weighted by atomic mass is 79.9. The van der Waals surface area contributed by atoms with Crippen LogP contribution in [0.3, 0.4) is 0 Å². The fraction of sp³-hybridized carbons (Fsp3) is 0.357. The monoisotopic (exact) mass is 322 g/mol. The summed E-state index contributed by atoms with van der Waals surface area (Å²) in [6, 6.07) is 8.11. The third-order valence-corrected chi connectivity index (χ3v) is 3.76. The molecule has 0 unspecified atom stereocenters. The molecule has 1 aromatic carbocycles. The summed E-state index contributed by atoms with van der Waals surface area (Å²) in [5.41, 5.74) is 0.0712. The Balaban J connectivity index is 1.57. The first-order valence-corrected chi connectivity index (χ1v) is 7.19. The lowest BCUT2D eigenvalue weighted by Gasteiger charge is -2.06. The molecule has 0 bridgehead atoms. The largest absolute Gasteiger partial charge is 0.492 e. The lowest BCUT2D eigenvalue weighted by atomic mass is 10.3. The minimum atomic E-state index is 0.0712. The van der Waals surface area contributed by atoms with Crippen LogP contribution in [0, 0.1) is 0 Å². The van der Waals surface area contributed by atoms with Gasteiger partial charge in [0.05, 0.1) is 6.54 Å². The van der Waals surface area contributed by atoms with Crippen LogP contribution in [-0.2, 0) is 6.54 Å². The second kappa shape index (κ2) is 5.25. The Morgan fingerprint density at radius 2 is 1.95 bits per heavy atom. The molecule has 1 saturated carbocycles. The molecule has 0 atom stereocenters. The van der Waals surface area contributed by atoms with Gasteiger partial charge in [-0.2, -0.15) is 0 Å². The van der Waals surface area contributed by atoms with Gasteiger partial charge in [0.25, 0.3) is 0 Å². The van der Waals surface area contributed by atoms with Crippen molar-refractivity contribution >= 4 is 15.9 Å². The molecule has 1 aliphatic carbocycles. The minimum absolute atomic E-state index is 0.0712. The summed E-state index contributed by atoms with van der Waals surface area (Å²) in [6.07, 6.45) is 5.96. The van der Waals surface area contributed by atoms with Gasteiger partial charge in [-0.15, -0.1) is 0 Å². The SMILES string of the molecule is O=c1n(CCOc2ccc(Br)cc2)ccn1C1CC1. The maximum absolute atomic E-state index is 12.0. The van der Waals surface area contributed by atoms with E-state index in [0.29, 0.717) is 19.2 Å². The summed E-state index contributed by atoms with van der Waals surface area (Å²) in [5.74, 6) is 0.817. The van der Waals surface area contributed by atoms with Gasteiger partial charge in [0.15, 0.2) is 0 Å². The summed E-state index contributed by atoms with van der Waals surface area (Å²) in [5, 5.41) is 0. The smallest absolute Gasteiger partial charge is 0.328 e. The van der Waals surface area contributed by atoms with Crippen molar-refractivity contribution in [3.8, 4) is 5.75 Å². The molecule has 0 saturated heterocycles. The Labute approximate surface area is 119 Å². The van der Waals surface area contributed by atoms with E-state index in [1.165, 1.54) is 0 Å². The Hall–Kier alpha value is -1.49. The number of benzene rings is 1. The lowest BCUT2D eigenvalue weighted by Crippen LogP contribution is -2.25. The van der Waals surface area contributed by atoms with Crippen molar-refractivity contribution in [1.29, 1.82) is 0 Å². The Morgan fingerprint density at radius 1 is 1.21 bits per heavy atom. The quantitative estimate of drug-likeness (QED) is 0.848. The van der Waals surface area contributed by atoms with Gasteiger partial charge in [-0.1, -0.05) is 15.9 Å². The highest BCUT2D eigenvalue weighted by molar-refractivity contribution is 9.10. The van der Waals surface area contributed by atoms with Gasteiger partial charge in [-0.3, -0.25) is 9.13 Å². The van der Waals surface area contributed by atoms with Crippen LogP contribution in [0.2, 0.25) is 0 Å². The zero-order valence-electron chi connectivity index (χ0n) is 10.5. The van der Waals surface area contributed by atoms with Gasteiger partial charge in [-0.05, 0) is 37.1 Å². The van der Waals surface area contributed by atoms with Crippen molar-refractivity contribution in [2.75, 3.05) is 6.61 Å². The first-order valence-electron chi connectivity index (χ1n) is 6.40. The summed E-state index contributed by atoms with van der Waals surface area (Å²) < 4.78 is 10.2. The number of nitrogens with zero attached hydrogens (tertiary/aromatic N) is 2. The molecule has 1 aliphatic rings. The van der Waals surface area contributed by atoms with Crippen LogP contribution < -0.4 is 10.4 Å². The van der Waals surface area contributed by atoms with Crippen molar-refractivity contribution in [3.05, 3.63) is 51.6 Å². The number of rotatable bonds is 5. The average molecular weight is 323 g/mol. The average Bonchev–Trinajstić information content (AvgIpc) is 3.18. The molecule has 100 valence electrons. The Kier molecular flexibility index (Phi) is 3.46. The van der Waals surface area contributed by atoms with E-state index in [1.54, 1.807) is 4.57 Å². The molecule has 5 heteroatoms. The van der Waals surface area contributed by atoms with E-state index >= 15 is 0 Å². The van der Waals surface area contributed by atoms with E-state index in [2.05, 4.69) is 15.9 Å². The van der Waals surface area contributed by atoms with Gasteiger partial charge in [0.2, 0.25) is 0 Å². The molecule has 1 fully saturated rings. The van der Waals surface area contributed by atoms with Crippen LogP contribution in [0.15, 0.2) is 45.9 Å². The minimum Gasteiger partial charge on any atom is -0.492 e. The van der Waals surface area contributed by atoms with Crippen LogP contribution in [0.1, 0.15) is 18.9 Å². The molecule has 2 aromatic rings. The topological polar surface area (TPSA) is 36.2 Å². The van der Waals surface area contributed by atoms with Gasteiger partial charge < -0.3 is 4.74 Å². The van der Waals surface area contributed by atoms with E-state index in [9.17, 15) is 4.79 Å². The first kappa shape index (κ1) is 12.5. The fourth-order valence-electron chi connectivity index (χ4n) is 2.02. The first-order chi connectivity index (χ1) is 9.24. The highest BCUT2D eigenvalue weighted by Crippen LogP contribution is 2.33. The molecule has 0 spiro atoms. The number of hydrogen-bond donors (Lipinski definition) is 0. The summed E-state index contributed by atoms with van der Waals surface area (Å²) in [6.45, 7) is 1.07. The molecule has 0 radical (unpaired) electrons. The Bertz CT molecular complexity index is 611. The summed E-state index contributed by atoms with van der Waals surface area (Å²) in [7, 11) is 0. The second-order valence-corrected chi connectivity index (χ2v) is 5.63. The molecule has 0 N–H and O–H groups in total. The van der Waals surface area contributed by atoms with Crippen LogP contribution in [0.25, 0.3) is 0 Å². The third-order valence-electron chi connectivity index (χ3n) is 3.23. The third kappa shape index (κ3) is 2.92. The Morgan fingerprint density at radius 3 is 2.63 bits per heavy atom. The maximum Gasteiger partial charge on any atom is 0.328 e. The number of ether oxygens (including phenoxy) is 1. The van der Waals surface area contributed by atoms with Crippen molar-refractivity contribution < 1.29 is 4.74 Å². The van der Waals surface area contributed by atoms with Gasteiger partial charge in [-0.25, -0.2) is 4.79 Å². The predicted octanol–water partition coefficient (Wildman–Crippen LogP) is 2.83. The van der Waals surface area contributed by atoms with Gasteiger partial charge >= 0.3 is 5.69 Å². The molecule has 1 heterocycles. The van der Waals surface area contributed by atoms with Crippen LogP contribution in [0.4, 0.5) is 0 Å². The fourth-order valence-corrected chi connectivity index (χ4v) is 2.29. The maximum atomic E-state index is 12.0. The van der Waals surface area contributed by atoms with Crippen molar-refractivity contribution in [2.45, 2.75) is 25.4 Å². The van der Waals surface area contributed by atoms with Crippen molar-refractivity contribution in [1.82, 2.24) is 9.13 Å². The van der Waals surface area contributed by atoms with Gasteiger partial charge in [0.1, 0.15) is 12.4 Å². The zero-order valence-corrected chi connectivity index (χ0v) is 12.0. The molecular formula is C14H15BrN2O2.